The average Bonchev–Trinajstić information content (AvgIpc) is 0.900. The Hall–Kier alpha value is -10.6. The number of imide groups is 4. The third-order valence-electron chi connectivity index (χ3n) is 25.9. The molecule has 0 aliphatic carbocycles. The van der Waals surface area contributed by atoms with Gasteiger partial charge in [-0.2, -0.15) is 0 Å². The smallest absolute Gasteiger partial charge is 0.261 e. The molecule has 566 valence electrons. The first-order valence-electron chi connectivity index (χ1n) is 41.3. The van der Waals surface area contributed by atoms with Gasteiger partial charge in [0.2, 0.25) is 0 Å². The summed E-state index contributed by atoms with van der Waals surface area (Å²) < 4.78 is 6.61. The highest BCUT2D eigenvalue weighted by Crippen LogP contribution is 2.54. The number of benzene rings is 13. The van der Waals surface area contributed by atoms with Crippen molar-refractivity contribution in [3.63, 3.8) is 0 Å². The third kappa shape index (κ3) is 10.5. The minimum absolute atomic E-state index is 0.0786. The van der Waals surface area contributed by atoms with Gasteiger partial charge in [-0.3, -0.25) is 58.0 Å². The van der Waals surface area contributed by atoms with E-state index in [4.69, 9.17) is 0 Å². The van der Waals surface area contributed by atoms with E-state index in [0.717, 1.165) is 263 Å². The van der Waals surface area contributed by atoms with Crippen molar-refractivity contribution in [2.24, 2.45) is 0 Å². The molecule has 17 aromatic rings. The molecular formula is C98H82N4O8S4. The SMILES string of the molecule is CCCCCCC(CCCCCC)N1C(=O)c2ccc3c4ccc5c6c(ccc(c7ccc(c2c37)C1=O)c64)C(=O)N(Cc1cc2c(ccc3sc4ccc6sc7ccc8sc(CN9C(=O)c%10ccc%11c%12ccc%13c%14c(ccc(c%15ccc(c%10c%11%15)C9=O)c%14%12)C(=O)N(C(CCCCCC)CCCCCC)C%13=O)cc8c7c6c4c32)s1)C5=O. The summed E-state index contributed by atoms with van der Waals surface area (Å²) in [5, 5.41) is 19.5. The first-order chi connectivity index (χ1) is 55.8. The number of unbranched alkanes of at least 4 members (excludes halogenated alkanes) is 12. The quantitative estimate of drug-likeness (QED) is 0.0225. The molecule has 0 saturated heterocycles. The van der Waals surface area contributed by atoms with Gasteiger partial charge in [-0.25, -0.2) is 0 Å². The van der Waals surface area contributed by atoms with Gasteiger partial charge in [-0.05, 0) is 187 Å². The molecule has 0 spiro atoms. The van der Waals surface area contributed by atoms with Crippen molar-refractivity contribution in [2.45, 2.75) is 181 Å². The van der Waals surface area contributed by atoms with Gasteiger partial charge in [0.25, 0.3) is 47.3 Å². The summed E-state index contributed by atoms with van der Waals surface area (Å²) in [4.78, 5) is 128. The summed E-state index contributed by atoms with van der Waals surface area (Å²) in [6.07, 6.45) is 20.3. The summed E-state index contributed by atoms with van der Waals surface area (Å²) in [5.41, 5.74) is 3.99. The van der Waals surface area contributed by atoms with E-state index < -0.39 is 0 Å². The molecule has 0 saturated carbocycles. The fourth-order valence-corrected chi connectivity index (χ4v) is 24.9. The van der Waals surface area contributed by atoms with Crippen molar-refractivity contribution >= 4 is 239 Å². The Morgan fingerprint density at radius 2 is 0.465 bits per heavy atom. The molecular weight excluding hydrogens is 1490 g/mol. The van der Waals surface area contributed by atoms with Gasteiger partial charge >= 0.3 is 0 Å². The van der Waals surface area contributed by atoms with Crippen molar-refractivity contribution in [1.82, 2.24) is 19.6 Å². The molecule has 0 radical (unpaired) electrons. The van der Waals surface area contributed by atoms with E-state index >= 15 is 19.2 Å². The lowest BCUT2D eigenvalue weighted by Crippen LogP contribution is -2.47. The van der Waals surface area contributed by atoms with Crippen LogP contribution in [-0.4, -0.2) is 78.9 Å². The highest BCUT2D eigenvalue weighted by molar-refractivity contribution is 7.28. The number of thiophene rings is 4. The number of rotatable bonds is 26. The molecule has 13 aromatic carbocycles. The van der Waals surface area contributed by atoms with Gasteiger partial charge in [-0.1, -0.05) is 179 Å². The highest BCUT2D eigenvalue weighted by Gasteiger charge is 2.43. The average molecular weight is 1570 g/mol. The van der Waals surface area contributed by atoms with E-state index in [1.54, 1.807) is 55.1 Å². The fourth-order valence-electron chi connectivity index (χ4n) is 20.6. The normalized spacial score (nSPS) is 14.8. The van der Waals surface area contributed by atoms with Gasteiger partial charge in [0, 0.05) is 148 Å². The Balaban J connectivity index is 0.586. The lowest BCUT2D eigenvalue weighted by Gasteiger charge is -2.35. The van der Waals surface area contributed by atoms with Crippen molar-refractivity contribution in [1.29, 1.82) is 0 Å². The Morgan fingerprint density at radius 3 is 0.719 bits per heavy atom. The summed E-state index contributed by atoms with van der Waals surface area (Å²) in [7, 11) is 0. The van der Waals surface area contributed by atoms with Crippen molar-refractivity contribution in [2.75, 3.05) is 0 Å². The van der Waals surface area contributed by atoms with E-state index in [1.165, 1.54) is 9.80 Å². The van der Waals surface area contributed by atoms with Crippen molar-refractivity contribution in [3.05, 3.63) is 200 Å². The van der Waals surface area contributed by atoms with Crippen LogP contribution < -0.4 is 0 Å². The van der Waals surface area contributed by atoms with Crippen LogP contribution in [0.4, 0.5) is 0 Å². The minimum Gasteiger partial charge on any atom is -0.271 e. The molecule has 0 fully saturated rings. The molecule has 12 nitrogen and oxygen atoms in total. The Bertz CT molecular complexity index is 6450. The summed E-state index contributed by atoms with van der Waals surface area (Å²) in [6, 6.07) is 48.1. The zero-order chi connectivity index (χ0) is 77.4. The number of hydrogen-bond donors (Lipinski definition) is 0. The molecule has 4 aliphatic rings. The minimum atomic E-state index is -0.360. The Kier molecular flexibility index (Phi) is 17.2. The van der Waals surface area contributed by atoms with Gasteiger partial charge in [0.15, 0.2) is 0 Å². The van der Waals surface area contributed by atoms with Gasteiger partial charge in [-0.15, -0.1) is 45.3 Å². The maximum Gasteiger partial charge on any atom is 0.261 e. The predicted octanol–water partition coefficient (Wildman–Crippen LogP) is 26.4. The van der Waals surface area contributed by atoms with Crippen LogP contribution in [0.3, 0.4) is 0 Å². The molecule has 8 heterocycles. The molecule has 21 rings (SSSR count). The van der Waals surface area contributed by atoms with Crippen LogP contribution in [-0.2, 0) is 13.1 Å². The fraction of sp³-hybridized carbons (Fsp3) is 0.286. The molecule has 0 bridgehead atoms. The van der Waals surface area contributed by atoms with Gasteiger partial charge in [0.05, 0.1) is 13.1 Å². The first-order valence-corrected chi connectivity index (χ1v) is 44.6. The number of nitrogens with zero attached hydrogens (tertiary/aromatic N) is 4. The summed E-state index contributed by atoms with van der Waals surface area (Å²) >= 11 is 6.68. The van der Waals surface area contributed by atoms with Crippen molar-refractivity contribution in [3.8, 4) is 0 Å². The van der Waals surface area contributed by atoms with Gasteiger partial charge in [0.1, 0.15) is 0 Å². The van der Waals surface area contributed by atoms with Crippen LogP contribution in [0.1, 0.15) is 249 Å². The largest absolute Gasteiger partial charge is 0.271 e. The highest BCUT2D eigenvalue weighted by atomic mass is 32.1. The maximum absolute atomic E-state index is 15.2. The molecule has 4 aliphatic heterocycles. The first kappa shape index (κ1) is 71.2. The van der Waals surface area contributed by atoms with Crippen LogP contribution in [0.2, 0.25) is 0 Å². The topological polar surface area (TPSA) is 150 Å². The van der Waals surface area contributed by atoms with E-state index in [9.17, 15) is 19.2 Å². The number of fused-ring (bicyclic) bond motifs is 15. The van der Waals surface area contributed by atoms with Crippen LogP contribution in [0.25, 0.3) is 147 Å². The molecule has 8 amide bonds. The molecule has 0 N–H and O–H groups in total. The van der Waals surface area contributed by atoms with Crippen LogP contribution in [0.15, 0.2) is 146 Å². The van der Waals surface area contributed by atoms with Gasteiger partial charge < -0.3 is 0 Å². The molecule has 16 heteroatoms. The van der Waals surface area contributed by atoms with E-state index in [-0.39, 0.29) is 72.4 Å². The summed E-state index contributed by atoms with van der Waals surface area (Å²) in [5.74, 6) is -2.36. The molecule has 114 heavy (non-hydrogen) atoms. The number of carbonyl (C=O) groups is 8. The zero-order valence-corrected chi connectivity index (χ0v) is 67.5. The third-order valence-corrected chi connectivity index (χ3v) is 30.3. The van der Waals surface area contributed by atoms with Crippen LogP contribution >= 0.6 is 45.3 Å². The number of amides is 8. The second-order valence-electron chi connectivity index (χ2n) is 32.5. The maximum atomic E-state index is 15.2. The van der Waals surface area contributed by atoms with E-state index in [2.05, 4.69) is 76.2 Å². The lowest BCUT2D eigenvalue weighted by molar-refractivity contribution is 0.0501. The standard InChI is InChI=1S/C98H82N4O8S4/c1-5-9-13-17-21-51(22-18-14-10-6-2)101-95(107)67-37-29-59-55-25-33-63-83-64(34-26-56(79(55)83)60-30-38-68(96(101)108)85(67)81(59)60)92(104)99(91(63)103)49-53-47-71-73(111-53)41-43-75-87(71)89-77(113-75)45-46-78-90(89)88-72-48-54(112-74(72)42-44-76(88)114-78)50-100-93(105)65-35-27-57-61-31-39-69-86-70(40-32-62(82(61)86)58-28-36-66(94(100)106)84(65)80(57)58)98(110)102(97(69)109)52(23-19-15-11-7-3)24-20-16-12-8-4/h25-48,51-52H,5-24,49-50H2,1-4H3. The second-order valence-corrected chi connectivity index (χ2v) is 37.0. The number of hydrogen-bond acceptors (Lipinski definition) is 12. The zero-order valence-electron chi connectivity index (χ0n) is 64.3. The van der Waals surface area contributed by atoms with Crippen molar-refractivity contribution < 1.29 is 38.4 Å². The Labute approximate surface area is 673 Å². The monoisotopic (exact) mass is 1570 g/mol. The van der Waals surface area contributed by atoms with Crippen LogP contribution in [0.5, 0.6) is 0 Å². The van der Waals surface area contributed by atoms with E-state index in [1.807, 2.05) is 97.1 Å². The predicted molar refractivity (Wildman–Crippen MR) is 470 cm³/mol. The Morgan fingerprint density at radius 1 is 0.228 bits per heavy atom. The second kappa shape index (κ2) is 27.6. The molecule has 0 unspecified atom stereocenters. The summed E-state index contributed by atoms with van der Waals surface area (Å²) in [6.45, 7) is 8.94. The van der Waals surface area contributed by atoms with E-state index in [0.29, 0.717) is 66.1 Å². The lowest BCUT2D eigenvalue weighted by atomic mass is 9.82. The number of carbonyl (C=O) groups excluding carboxylic acids is 8. The van der Waals surface area contributed by atoms with Crippen LogP contribution in [0, 0.1) is 0 Å². The molecule has 0 atom stereocenters. The molecule has 4 aromatic heterocycles.